The second kappa shape index (κ2) is 7.25. The van der Waals surface area contributed by atoms with E-state index in [0.29, 0.717) is 11.5 Å². The van der Waals surface area contributed by atoms with Crippen molar-refractivity contribution in [3.05, 3.63) is 46.5 Å². The molecule has 1 N–H and O–H groups in total. The van der Waals surface area contributed by atoms with Crippen LogP contribution in [0.15, 0.2) is 18.2 Å². The molecule has 8 heteroatoms. The molecule has 0 saturated heterocycles. The molecule has 0 aliphatic rings. The summed E-state index contributed by atoms with van der Waals surface area (Å²) in [6.45, 7) is 8.82. The first-order valence-corrected chi connectivity index (χ1v) is 8.50. The maximum Gasteiger partial charge on any atom is 0.420 e. The van der Waals surface area contributed by atoms with Crippen molar-refractivity contribution in [1.82, 2.24) is 9.55 Å². The molecule has 2 rings (SSSR count). The van der Waals surface area contributed by atoms with E-state index >= 15 is 0 Å². The summed E-state index contributed by atoms with van der Waals surface area (Å²) >= 11 is 0. The van der Waals surface area contributed by atoms with Gasteiger partial charge in [0, 0.05) is 17.7 Å². The summed E-state index contributed by atoms with van der Waals surface area (Å²) in [5.74, 6) is -0.994. The third-order valence-electron chi connectivity index (χ3n) is 4.10. The van der Waals surface area contributed by atoms with Crippen molar-refractivity contribution in [2.24, 2.45) is 0 Å². The highest BCUT2D eigenvalue weighted by atomic mass is 19.4. The van der Waals surface area contributed by atoms with Crippen LogP contribution in [0.4, 0.5) is 13.2 Å². The zero-order chi connectivity index (χ0) is 20.6. The minimum Gasteiger partial charge on any atom is -0.507 e. The van der Waals surface area contributed by atoms with E-state index < -0.39 is 28.9 Å². The van der Waals surface area contributed by atoms with Crippen molar-refractivity contribution in [3.63, 3.8) is 0 Å². The predicted octanol–water partition coefficient (Wildman–Crippen LogP) is 4.44. The molecule has 2 aromatic rings. The van der Waals surface area contributed by atoms with E-state index in [-0.39, 0.29) is 24.4 Å². The summed E-state index contributed by atoms with van der Waals surface area (Å²) in [6, 6.07) is 3.66. The molecule has 0 radical (unpaired) electrons. The lowest BCUT2D eigenvalue weighted by molar-refractivity contribution is -0.139. The number of carbonyl (C=O) groups is 1. The molecular weight excluding hydrogens is 361 g/mol. The smallest absolute Gasteiger partial charge is 0.420 e. The lowest BCUT2D eigenvalue weighted by Gasteiger charge is -2.22. The van der Waals surface area contributed by atoms with E-state index in [4.69, 9.17) is 4.74 Å². The van der Waals surface area contributed by atoms with Crippen LogP contribution in [0.2, 0.25) is 0 Å². The number of hydrogen-bond donors (Lipinski definition) is 1. The predicted molar refractivity (Wildman–Crippen MR) is 93.8 cm³/mol. The summed E-state index contributed by atoms with van der Waals surface area (Å²) in [5, 5.41) is 9.75. The van der Waals surface area contributed by atoms with Gasteiger partial charge in [0.05, 0.1) is 6.61 Å². The second-order valence-electron chi connectivity index (χ2n) is 7.24. The number of nitrogens with zero attached hydrogens (tertiary/aromatic N) is 2. The fourth-order valence-corrected chi connectivity index (χ4v) is 2.91. The van der Waals surface area contributed by atoms with Crippen LogP contribution in [0.5, 0.6) is 5.75 Å². The van der Waals surface area contributed by atoms with Gasteiger partial charge < -0.3 is 14.4 Å². The Morgan fingerprint density at radius 3 is 2.41 bits per heavy atom. The van der Waals surface area contributed by atoms with Gasteiger partial charge in [0.25, 0.3) is 0 Å². The van der Waals surface area contributed by atoms with Crippen LogP contribution in [0, 0.1) is 6.92 Å². The number of benzene rings is 1. The number of hydrogen-bond acceptors (Lipinski definition) is 4. The molecule has 0 aliphatic carbocycles. The number of imidazole rings is 1. The van der Waals surface area contributed by atoms with Gasteiger partial charge in [0.1, 0.15) is 17.1 Å². The summed E-state index contributed by atoms with van der Waals surface area (Å²) < 4.78 is 46.8. The third kappa shape index (κ3) is 4.26. The van der Waals surface area contributed by atoms with Crippen molar-refractivity contribution in [3.8, 4) is 5.75 Å². The number of aromatic nitrogens is 2. The Morgan fingerprint density at radius 2 is 1.89 bits per heavy atom. The number of aromatic hydroxyl groups is 1. The summed E-state index contributed by atoms with van der Waals surface area (Å²) in [6.07, 6.45) is -4.71. The monoisotopic (exact) mass is 384 g/mol. The van der Waals surface area contributed by atoms with Gasteiger partial charge in [-0.2, -0.15) is 13.2 Å². The summed E-state index contributed by atoms with van der Waals surface area (Å²) in [4.78, 5) is 16.5. The number of phenolic OH excluding ortho intramolecular Hbond substituents is 1. The number of esters is 1. The molecule has 0 aliphatic heterocycles. The summed E-state index contributed by atoms with van der Waals surface area (Å²) in [7, 11) is 0. The Balaban J connectivity index is 2.64. The number of rotatable bonds is 4. The Labute approximate surface area is 155 Å². The second-order valence-corrected chi connectivity index (χ2v) is 7.24. The van der Waals surface area contributed by atoms with Crippen LogP contribution >= 0.6 is 0 Å². The molecule has 0 unspecified atom stereocenters. The maximum absolute atomic E-state index is 13.4. The average molecular weight is 384 g/mol. The van der Waals surface area contributed by atoms with Crippen molar-refractivity contribution in [1.29, 1.82) is 0 Å². The molecule has 0 bridgehead atoms. The van der Waals surface area contributed by atoms with E-state index in [1.807, 2.05) is 20.8 Å². The maximum atomic E-state index is 13.4. The fourth-order valence-electron chi connectivity index (χ4n) is 2.91. The molecule has 5 nitrogen and oxygen atoms in total. The van der Waals surface area contributed by atoms with Gasteiger partial charge in [0.2, 0.25) is 0 Å². The molecule has 0 amide bonds. The standard InChI is InChI=1S/C19H23F3N2O3/c1-6-27-16(26)15-11(2)24(17(23-15)18(3,4)5)10-12-8-7-9-13(25)14(12)19(20,21)22/h7-9,25H,6,10H2,1-5H3. The van der Waals surface area contributed by atoms with E-state index in [0.717, 1.165) is 6.07 Å². The molecule has 0 atom stereocenters. The molecule has 1 heterocycles. The minimum atomic E-state index is -4.71. The zero-order valence-corrected chi connectivity index (χ0v) is 15.9. The molecular formula is C19H23F3N2O3. The van der Waals surface area contributed by atoms with Crippen molar-refractivity contribution in [2.45, 2.75) is 52.8 Å². The highest BCUT2D eigenvalue weighted by molar-refractivity contribution is 5.88. The van der Waals surface area contributed by atoms with Crippen molar-refractivity contribution < 1.29 is 27.8 Å². The van der Waals surface area contributed by atoms with E-state index in [1.54, 1.807) is 18.4 Å². The number of carbonyl (C=O) groups excluding carboxylic acids is 1. The van der Waals surface area contributed by atoms with Crippen LogP contribution < -0.4 is 0 Å². The molecule has 148 valence electrons. The van der Waals surface area contributed by atoms with Gasteiger partial charge in [-0.15, -0.1) is 0 Å². The lowest BCUT2D eigenvalue weighted by Crippen LogP contribution is -2.21. The topological polar surface area (TPSA) is 64.3 Å². The largest absolute Gasteiger partial charge is 0.507 e. The third-order valence-corrected chi connectivity index (χ3v) is 4.10. The molecule has 1 aromatic carbocycles. The highest BCUT2D eigenvalue weighted by Crippen LogP contribution is 2.39. The molecule has 0 spiro atoms. The molecule has 27 heavy (non-hydrogen) atoms. The van der Waals surface area contributed by atoms with Gasteiger partial charge in [-0.25, -0.2) is 9.78 Å². The fraction of sp³-hybridized carbons (Fsp3) is 0.474. The van der Waals surface area contributed by atoms with Crippen molar-refractivity contribution in [2.75, 3.05) is 6.61 Å². The van der Waals surface area contributed by atoms with Crippen LogP contribution in [0.3, 0.4) is 0 Å². The first-order valence-electron chi connectivity index (χ1n) is 8.50. The van der Waals surface area contributed by atoms with E-state index in [2.05, 4.69) is 4.98 Å². The van der Waals surface area contributed by atoms with E-state index in [1.165, 1.54) is 12.1 Å². The average Bonchev–Trinajstić information content (AvgIpc) is 2.83. The number of ether oxygens (including phenoxy) is 1. The zero-order valence-electron chi connectivity index (χ0n) is 15.9. The van der Waals surface area contributed by atoms with Crippen LogP contribution in [0.25, 0.3) is 0 Å². The SMILES string of the molecule is CCOC(=O)c1nc(C(C)(C)C)n(Cc2cccc(O)c2C(F)(F)F)c1C. The number of halogens is 3. The van der Waals surface area contributed by atoms with E-state index in [9.17, 15) is 23.1 Å². The van der Waals surface area contributed by atoms with Crippen molar-refractivity contribution >= 4 is 5.97 Å². The Morgan fingerprint density at radius 1 is 1.26 bits per heavy atom. The van der Waals surface area contributed by atoms with Gasteiger partial charge >= 0.3 is 12.1 Å². The Bertz CT molecular complexity index is 849. The normalized spacial score (nSPS) is 12.3. The molecule has 0 saturated carbocycles. The van der Waals surface area contributed by atoms with Crippen LogP contribution in [-0.2, 0) is 22.9 Å². The Kier molecular flexibility index (Phi) is 5.58. The minimum absolute atomic E-state index is 0.0792. The lowest BCUT2D eigenvalue weighted by atomic mass is 9.95. The summed E-state index contributed by atoms with van der Waals surface area (Å²) in [5.41, 5.74) is -1.23. The molecule has 1 aromatic heterocycles. The van der Waals surface area contributed by atoms with Gasteiger partial charge in [-0.05, 0) is 25.5 Å². The number of alkyl halides is 3. The Hall–Kier alpha value is -2.51. The number of phenols is 1. The van der Waals surface area contributed by atoms with Crippen LogP contribution in [-0.4, -0.2) is 27.2 Å². The first-order chi connectivity index (χ1) is 12.4. The first kappa shape index (κ1) is 20.8. The highest BCUT2D eigenvalue weighted by Gasteiger charge is 2.37. The van der Waals surface area contributed by atoms with Gasteiger partial charge in [-0.3, -0.25) is 0 Å². The van der Waals surface area contributed by atoms with Gasteiger partial charge in [-0.1, -0.05) is 32.9 Å². The van der Waals surface area contributed by atoms with Gasteiger partial charge in [0.15, 0.2) is 5.69 Å². The molecule has 0 fully saturated rings. The van der Waals surface area contributed by atoms with Crippen LogP contribution in [0.1, 0.15) is 60.8 Å². The quantitative estimate of drug-likeness (QED) is 0.792.